The third kappa shape index (κ3) is 19.6. The van der Waals surface area contributed by atoms with Crippen molar-refractivity contribution in [2.45, 2.75) is 129 Å². The topological polar surface area (TPSA) is 46.5 Å². The molecule has 150 valence electrons. The average molecular weight is 357 g/mol. The minimum atomic E-state index is -0.0659. The summed E-state index contributed by atoms with van der Waals surface area (Å²) in [7, 11) is 0. The number of hydrogen-bond acceptors (Lipinski definition) is 3. The van der Waals surface area contributed by atoms with Gasteiger partial charge in [-0.1, -0.05) is 90.9 Å². The normalized spacial score (nSPS) is 12.3. The highest BCUT2D eigenvalue weighted by Crippen LogP contribution is 2.14. The van der Waals surface area contributed by atoms with Gasteiger partial charge < -0.3 is 9.84 Å². The molecule has 0 aliphatic heterocycles. The van der Waals surface area contributed by atoms with Gasteiger partial charge >= 0.3 is 5.97 Å². The highest BCUT2D eigenvalue weighted by Gasteiger charge is 2.03. The third-order valence-corrected chi connectivity index (χ3v) is 4.82. The van der Waals surface area contributed by atoms with Crippen molar-refractivity contribution >= 4 is 5.97 Å². The Bertz CT molecular complexity index is 278. The molecule has 0 aromatic heterocycles. The molecule has 0 rings (SSSR count). The molecule has 0 aliphatic rings. The highest BCUT2D eigenvalue weighted by molar-refractivity contribution is 5.69. The largest absolute Gasteiger partial charge is 0.466 e. The molecule has 1 unspecified atom stereocenters. The first-order valence-electron chi connectivity index (χ1n) is 11.0. The number of esters is 1. The summed E-state index contributed by atoms with van der Waals surface area (Å²) in [4.78, 5) is 11.4. The Morgan fingerprint density at radius 1 is 0.720 bits per heavy atom. The van der Waals surface area contributed by atoms with Crippen molar-refractivity contribution in [3.8, 4) is 0 Å². The fourth-order valence-corrected chi connectivity index (χ4v) is 3.05. The van der Waals surface area contributed by atoms with Gasteiger partial charge in [-0.3, -0.25) is 4.79 Å². The number of rotatable bonds is 19. The van der Waals surface area contributed by atoms with E-state index in [-0.39, 0.29) is 12.1 Å². The van der Waals surface area contributed by atoms with Crippen LogP contribution >= 0.6 is 0 Å². The van der Waals surface area contributed by atoms with Gasteiger partial charge in [0.15, 0.2) is 0 Å². The van der Waals surface area contributed by atoms with Gasteiger partial charge in [-0.15, -0.1) is 0 Å². The summed E-state index contributed by atoms with van der Waals surface area (Å²) in [5.74, 6) is -0.0201. The molecule has 0 aromatic carbocycles. The summed E-state index contributed by atoms with van der Waals surface area (Å²) in [6.45, 7) is 4.87. The number of aliphatic hydroxyl groups is 1. The molecule has 0 spiro atoms. The van der Waals surface area contributed by atoms with E-state index in [1.165, 1.54) is 57.8 Å². The van der Waals surface area contributed by atoms with Crippen LogP contribution in [0, 0.1) is 0 Å². The van der Waals surface area contributed by atoms with E-state index in [1.54, 1.807) is 0 Å². The van der Waals surface area contributed by atoms with Crippen LogP contribution in [0.2, 0.25) is 0 Å². The number of carbonyl (C=O) groups is 1. The molecular weight excluding hydrogens is 312 g/mol. The summed E-state index contributed by atoms with van der Waals surface area (Å²) in [6.07, 6.45) is 19.3. The van der Waals surface area contributed by atoms with Gasteiger partial charge in [-0.2, -0.15) is 0 Å². The van der Waals surface area contributed by atoms with E-state index in [0.29, 0.717) is 13.0 Å². The highest BCUT2D eigenvalue weighted by atomic mass is 16.5. The van der Waals surface area contributed by atoms with Gasteiger partial charge in [0.2, 0.25) is 0 Å². The zero-order valence-electron chi connectivity index (χ0n) is 17.1. The van der Waals surface area contributed by atoms with Crippen LogP contribution in [0.15, 0.2) is 0 Å². The van der Waals surface area contributed by atoms with Crippen molar-refractivity contribution < 1.29 is 14.6 Å². The van der Waals surface area contributed by atoms with Gasteiger partial charge in [0, 0.05) is 6.42 Å². The Kier molecular flexibility index (Phi) is 19.3. The smallest absolute Gasteiger partial charge is 0.305 e. The van der Waals surface area contributed by atoms with Crippen molar-refractivity contribution in [1.82, 2.24) is 0 Å². The third-order valence-electron chi connectivity index (χ3n) is 4.82. The Morgan fingerprint density at radius 2 is 1.20 bits per heavy atom. The molecule has 25 heavy (non-hydrogen) atoms. The van der Waals surface area contributed by atoms with E-state index in [9.17, 15) is 9.90 Å². The van der Waals surface area contributed by atoms with Crippen LogP contribution in [-0.2, 0) is 9.53 Å². The quantitative estimate of drug-likeness (QED) is 0.210. The Balaban J connectivity index is 3.15. The molecule has 3 nitrogen and oxygen atoms in total. The van der Waals surface area contributed by atoms with Crippen LogP contribution in [-0.4, -0.2) is 23.8 Å². The lowest BCUT2D eigenvalue weighted by Crippen LogP contribution is -2.05. The van der Waals surface area contributed by atoms with E-state index < -0.39 is 0 Å². The lowest BCUT2D eigenvalue weighted by Gasteiger charge is -2.09. The maximum absolute atomic E-state index is 11.4. The molecule has 1 atom stereocenters. The van der Waals surface area contributed by atoms with Gasteiger partial charge in [0.1, 0.15) is 0 Å². The average Bonchev–Trinajstić information content (AvgIpc) is 2.61. The molecule has 0 saturated carbocycles. The van der Waals surface area contributed by atoms with Crippen LogP contribution in [0.4, 0.5) is 0 Å². The summed E-state index contributed by atoms with van der Waals surface area (Å²) in [6, 6.07) is 0. The molecule has 0 radical (unpaired) electrons. The predicted molar refractivity (Wildman–Crippen MR) is 107 cm³/mol. The van der Waals surface area contributed by atoms with E-state index in [1.807, 2.05) is 0 Å². The maximum Gasteiger partial charge on any atom is 0.305 e. The van der Waals surface area contributed by atoms with Crippen molar-refractivity contribution in [3.05, 3.63) is 0 Å². The van der Waals surface area contributed by atoms with Crippen molar-refractivity contribution in [3.63, 3.8) is 0 Å². The standard InChI is InChI=1S/C22H44O3/c1-3-5-17-21(23)18-15-13-11-9-7-8-10-12-14-16-19-22(24)25-20-6-4-2/h21,23H,3-20H2,1-2H3. The minimum absolute atomic E-state index is 0.0201. The second-order valence-corrected chi connectivity index (χ2v) is 7.44. The van der Waals surface area contributed by atoms with Gasteiger partial charge in [-0.05, 0) is 25.7 Å². The molecule has 0 aliphatic carbocycles. The van der Waals surface area contributed by atoms with Crippen LogP contribution in [0.1, 0.15) is 123 Å². The number of ether oxygens (including phenoxy) is 1. The fraction of sp³-hybridized carbons (Fsp3) is 0.955. The van der Waals surface area contributed by atoms with Crippen molar-refractivity contribution in [1.29, 1.82) is 0 Å². The van der Waals surface area contributed by atoms with E-state index in [4.69, 9.17) is 4.74 Å². The summed E-state index contributed by atoms with van der Waals surface area (Å²) in [5, 5.41) is 9.78. The number of aliphatic hydroxyl groups excluding tert-OH is 1. The molecule has 0 saturated heterocycles. The molecule has 0 amide bonds. The van der Waals surface area contributed by atoms with Crippen molar-refractivity contribution in [2.75, 3.05) is 6.61 Å². The first-order chi connectivity index (χ1) is 12.2. The SMILES string of the molecule is CCCCOC(=O)CCCCCCCCCCCCC(O)CCCC. The number of hydrogen-bond donors (Lipinski definition) is 1. The maximum atomic E-state index is 11.4. The van der Waals surface area contributed by atoms with Crippen LogP contribution in [0.25, 0.3) is 0 Å². The molecular formula is C22H44O3. The van der Waals surface area contributed by atoms with Gasteiger partial charge in [-0.25, -0.2) is 0 Å². The summed E-state index contributed by atoms with van der Waals surface area (Å²) in [5.41, 5.74) is 0. The van der Waals surface area contributed by atoms with Crippen LogP contribution in [0.5, 0.6) is 0 Å². The zero-order chi connectivity index (χ0) is 18.6. The molecule has 1 N–H and O–H groups in total. The lowest BCUT2D eigenvalue weighted by atomic mass is 10.0. The molecule has 0 bridgehead atoms. The molecule has 0 fully saturated rings. The van der Waals surface area contributed by atoms with Crippen LogP contribution in [0.3, 0.4) is 0 Å². The van der Waals surface area contributed by atoms with Crippen LogP contribution < -0.4 is 0 Å². The second-order valence-electron chi connectivity index (χ2n) is 7.44. The lowest BCUT2D eigenvalue weighted by molar-refractivity contribution is -0.143. The summed E-state index contributed by atoms with van der Waals surface area (Å²) >= 11 is 0. The monoisotopic (exact) mass is 356 g/mol. The Labute approximate surface area is 156 Å². The number of unbranched alkanes of at least 4 members (excludes halogenated alkanes) is 11. The number of carbonyl (C=O) groups excluding carboxylic acids is 1. The van der Waals surface area contributed by atoms with E-state index >= 15 is 0 Å². The second kappa shape index (κ2) is 19.8. The first kappa shape index (κ1) is 24.4. The molecule has 3 heteroatoms. The Morgan fingerprint density at radius 3 is 1.76 bits per heavy atom. The van der Waals surface area contributed by atoms with Gasteiger partial charge in [0.05, 0.1) is 12.7 Å². The minimum Gasteiger partial charge on any atom is -0.466 e. The van der Waals surface area contributed by atoms with Crippen molar-refractivity contribution in [2.24, 2.45) is 0 Å². The van der Waals surface area contributed by atoms with E-state index in [2.05, 4.69) is 13.8 Å². The Hall–Kier alpha value is -0.570. The predicted octanol–water partition coefficient (Wildman–Crippen LogP) is 6.56. The first-order valence-corrected chi connectivity index (χ1v) is 11.0. The van der Waals surface area contributed by atoms with E-state index in [0.717, 1.165) is 44.9 Å². The molecule has 0 aromatic rings. The fourth-order valence-electron chi connectivity index (χ4n) is 3.05. The zero-order valence-corrected chi connectivity index (χ0v) is 17.1. The van der Waals surface area contributed by atoms with Gasteiger partial charge in [0.25, 0.3) is 0 Å². The molecule has 0 heterocycles. The summed E-state index contributed by atoms with van der Waals surface area (Å²) < 4.78 is 5.15.